The second-order valence-corrected chi connectivity index (χ2v) is 6.88. The molecule has 2 fully saturated rings. The third kappa shape index (κ3) is 3.32. The molecule has 7 heteroatoms. The van der Waals surface area contributed by atoms with Crippen molar-refractivity contribution in [3.63, 3.8) is 0 Å². The van der Waals surface area contributed by atoms with Crippen molar-refractivity contribution in [3.05, 3.63) is 58.0 Å². The van der Waals surface area contributed by atoms with Gasteiger partial charge in [-0.2, -0.15) is 0 Å². The molecule has 0 spiro atoms. The molecular formula is C18H20N4O3. The molecule has 2 aromatic heterocycles. The fourth-order valence-electron chi connectivity index (χ4n) is 3.34. The summed E-state index contributed by atoms with van der Waals surface area (Å²) in [6, 6.07) is 3.81. The Kier molecular flexibility index (Phi) is 4.09. The topological polar surface area (TPSA) is 99.2 Å². The van der Waals surface area contributed by atoms with Crippen LogP contribution in [0.1, 0.15) is 40.5 Å². The zero-order valence-corrected chi connectivity index (χ0v) is 13.8. The van der Waals surface area contributed by atoms with Crippen molar-refractivity contribution in [2.24, 2.45) is 5.92 Å². The molecule has 3 heterocycles. The van der Waals surface area contributed by atoms with Crippen LogP contribution < -0.4 is 5.56 Å². The van der Waals surface area contributed by atoms with Crippen LogP contribution in [0.4, 0.5) is 0 Å². The highest BCUT2D eigenvalue weighted by Gasteiger charge is 2.35. The number of aromatic nitrogens is 3. The Hall–Kier alpha value is -2.54. The fraction of sp³-hybridized carbons (Fsp3) is 0.444. The van der Waals surface area contributed by atoms with E-state index >= 15 is 0 Å². The first-order chi connectivity index (χ1) is 12.1. The Morgan fingerprint density at radius 1 is 1.28 bits per heavy atom. The van der Waals surface area contributed by atoms with Gasteiger partial charge in [0.05, 0.1) is 6.10 Å². The number of amides is 1. The number of aliphatic hydroxyl groups is 1. The largest absolute Gasteiger partial charge is 0.391 e. The van der Waals surface area contributed by atoms with Gasteiger partial charge in [0, 0.05) is 43.5 Å². The van der Waals surface area contributed by atoms with E-state index in [1.54, 1.807) is 17.3 Å². The summed E-state index contributed by atoms with van der Waals surface area (Å²) >= 11 is 0. The predicted molar refractivity (Wildman–Crippen MR) is 90.2 cm³/mol. The van der Waals surface area contributed by atoms with Gasteiger partial charge >= 0.3 is 0 Å². The number of likely N-dealkylation sites (tertiary alicyclic amines) is 1. The van der Waals surface area contributed by atoms with Crippen LogP contribution in [0.2, 0.25) is 0 Å². The molecule has 25 heavy (non-hydrogen) atoms. The third-order valence-electron chi connectivity index (χ3n) is 4.95. The molecule has 7 nitrogen and oxygen atoms in total. The van der Waals surface area contributed by atoms with Gasteiger partial charge in [-0.1, -0.05) is 0 Å². The van der Waals surface area contributed by atoms with Crippen LogP contribution in [0, 0.1) is 5.92 Å². The predicted octanol–water partition coefficient (Wildman–Crippen LogP) is 0.718. The van der Waals surface area contributed by atoms with Crippen molar-refractivity contribution >= 4 is 5.91 Å². The van der Waals surface area contributed by atoms with Gasteiger partial charge in [-0.3, -0.25) is 14.6 Å². The summed E-state index contributed by atoms with van der Waals surface area (Å²) in [6.07, 6.45) is 6.93. The highest BCUT2D eigenvalue weighted by molar-refractivity contribution is 5.93. The number of H-pyrrole nitrogens is 1. The number of hydrogen-bond acceptors (Lipinski definition) is 5. The third-order valence-corrected chi connectivity index (χ3v) is 4.95. The zero-order valence-electron chi connectivity index (χ0n) is 13.8. The summed E-state index contributed by atoms with van der Waals surface area (Å²) < 4.78 is 0. The number of pyridine rings is 1. The van der Waals surface area contributed by atoms with Crippen LogP contribution in [0.3, 0.4) is 0 Å². The molecule has 1 amide bonds. The van der Waals surface area contributed by atoms with E-state index in [1.165, 1.54) is 6.20 Å². The summed E-state index contributed by atoms with van der Waals surface area (Å²) in [5.74, 6) is 0.574. The summed E-state index contributed by atoms with van der Waals surface area (Å²) in [4.78, 5) is 37.3. The zero-order chi connectivity index (χ0) is 17.4. The van der Waals surface area contributed by atoms with Crippen LogP contribution >= 0.6 is 0 Å². The quantitative estimate of drug-likeness (QED) is 0.854. The Morgan fingerprint density at radius 2 is 2.04 bits per heavy atom. The molecule has 130 valence electrons. The molecule has 1 aliphatic heterocycles. The van der Waals surface area contributed by atoms with Crippen molar-refractivity contribution in [3.8, 4) is 0 Å². The molecule has 2 aliphatic rings. The van der Waals surface area contributed by atoms with Crippen molar-refractivity contribution in [2.75, 3.05) is 13.1 Å². The lowest BCUT2D eigenvalue weighted by atomic mass is 9.97. The first-order valence-electron chi connectivity index (χ1n) is 8.57. The Labute approximate surface area is 144 Å². The average Bonchev–Trinajstić information content (AvgIpc) is 3.40. The molecule has 0 aromatic carbocycles. The monoisotopic (exact) mass is 340 g/mol. The van der Waals surface area contributed by atoms with E-state index in [0.29, 0.717) is 24.7 Å². The van der Waals surface area contributed by atoms with Gasteiger partial charge in [-0.25, -0.2) is 4.98 Å². The summed E-state index contributed by atoms with van der Waals surface area (Å²) in [7, 11) is 0. The van der Waals surface area contributed by atoms with Crippen LogP contribution in [0.15, 0.2) is 35.5 Å². The summed E-state index contributed by atoms with van der Waals surface area (Å²) in [6.45, 7) is 0.657. The van der Waals surface area contributed by atoms with Gasteiger partial charge in [0.1, 0.15) is 11.4 Å². The van der Waals surface area contributed by atoms with Crippen LogP contribution in [-0.2, 0) is 6.42 Å². The summed E-state index contributed by atoms with van der Waals surface area (Å²) in [5, 5.41) is 10.3. The fourth-order valence-corrected chi connectivity index (χ4v) is 3.34. The van der Waals surface area contributed by atoms with Gasteiger partial charge < -0.3 is 15.0 Å². The van der Waals surface area contributed by atoms with Gasteiger partial charge in [-0.05, 0) is 37.0 Å². The molecule has 4 rings (SSSR count). The van der Waals surface area contributed by atoms with Gasteiger partial charge in [0.2, 0.25) is 0 Å². The number of aliphatic hydroxyl groups excluding tert-OH is 1. The van der Waals surface area contributed by atoms with Gasteiger partial charge in [0.25, 0.3) is 11.5 Å². The van der Waals surface area contributed by atoms with Crippen molar-refractivity contribution < 1.29 is 9.90 Å². The number of nitrogens with zero attached hydrogens (tertiary/aromatic N) is 3. The van der Waals surface area contributed by atoms with E-state index in [4.69, 9.17) is 0 Å². The highest BCUT2D eigenvalue weighted by atomic mass is 16.3. The highest BCUT2D eigenvalue weighted by Crippen LogP contribution is 2.37. The van der Waals surface area contributed by atoms with E-state index in [2.05, 4.69) is 15.0 Å². The number of hydrogen-bond donors (Lipinski definition) is 2. The second-order valence-electron chi connectivity index (χ2n) is 6.88. The minimum atomic E-state index is -0.602. The number of carbonyl (C=O) groups is 1. The van der Waals surface area contributed by atoms with E-state index in [1.807, 2.05) is 12.1 Å². The lowest BCUT2D eigenvalue weighted by molar-refractivity contribution is 0.0762. The Bertz CT molecular complexity index is 832. The first-order valence-corrected chi connectivity index (χ1v) is 8.57. The molecular weight excluding hydrogens is 320 g/mol. The SMILES string of the molecule is O=C(c1cnc(C2CC2)[nH]c1=O)N1C[C@@H](Cc2ccncc2)[C@@H](O)C1. The standard InChI is InChI=1S/C18H20N4O3/c23-15-10-22(9-13(15)7-11-3-5-19-6-4-11)18(25)14-8-20-16(12-1-2-12)21-17(14)24/h3-6,8,12-13,15,23H,1-2,7,9-10H2,(H,20,21,24)/t13-,15+/m1/s1. The molecule has 1 saturated heterocycles. The minimum Gasteiger partial charge on any atom is -0.391 e. The van der Waals surface area contributed by atoms with E-state index in [0.717, 1.165) is 18.4 Å². The first kappa shape index (κ1) is 16.0. The number of rotatable bonds is 4. The lowest BCUT2D eigenvalue weighted by Crippen LogP contribution is -2.34. The number of aromatic amines is 1. The molecule has 2 N–H and O–H groups in total. The molecule has 2 aromatic rings. The maximum Gasteiger partial charge on any atom is 0.263 e. The number of carbonyl (C=O) groups excluding carboxylic acids is 1. The van der Waals surface area contributed by atoms with Gasteiger partial charge in [0.15, 0.2) is 0 Å². The molecule has 0 bridgehead atoms. The molecule has 1 saturated carbocycles. The Morgan fingerprint density at radius 3 is 2.72 bits per heavy atom. The minimum absolute atomic E-state index is 0.0427. The normalized spacial score (nSPS) is 23.0. The summed E-state index contributed by atoms with van der Waals surface area (Å²) in [5.41, 5.74) is 0.719. The maximum absolute atomic E-state index is 12.7. The molecule has 1 aliphatic carbocycles. The number of nitrogens with one attached hydrogen (secondary N) is 1. The van der Waals surface area contributed by atoms with Crippen molar-refractivity contribution in [1.29, 1.82) is 0 Å². The van der Waals surface area contributed by atoms with Crippen molar-refractivity contribution in [1.82, 2.24) is 19.9 Å². The van der Waals surface area contributed by atoms with E-state index in [9.17, 15) is 14.7 Å². The average molecular weight is 340 g/mol. The number of β-amino-alcohol motifs (C(OH)–C–C–N with tert-alkyl or cyclic N) is 1. The molecule has 0 radical (unpaired) electrons. The van der Waals surface area contributed by atoms with Crippen LogP contribution in [0.25, 0.3) is 0 Å². The maximum atomic E-state index is 12.7. The van der Waals surface area contributed by atoms with Crippen molar-refractivity contribution in [2.45, 2.75) is 31.3 Å². The second kappa shape index (κ2) is 6.40. The van der Waals surface area contributed by atoms with Crippen LogP contribution in [0.5, 0.6) is 0 Å². The van der Waals surface area contributed by atoms with E-state index in [-0.39, 0.29) is 23.9 Å². The molecule has 2 atom stereocenters. The lowest BCUT2D eigenvalue weighted by Gasteiger charge is -2.15. The van der Waals surface area contributed by atoms with Crippen LogP contribution in [-0.4, -0.2) is 50.1 Å². The smallest absolute Gasteiger partial charge is 0.263 e. The van der Waals surface area contributed by atoms with E-state index < -0.39 is 11.7 Å². The molecule has 0 unspecified atom stereocenters. The van der Waals surface area contributed by atoms with Gasteiger partial charge in [-0.15, -0.1) is 0 Å². The Balaban J connectivity index is 1.47.